The second-order valence-electron chi connectivity index (χ2n) is 2.59. The van der Waals surface area contributed by atoms with Gasteiger partial charge in [-0.1, -0.05) is 0 Å². The fraction of sp³-hybridized carbons (Fsp3) is 0. The van der Waals surface area contributed by atoms with Crippen molar-refractivity contribution >= 4 is 21.5 Å². The molecule has 0 aliphatic heterocycles. The fourth-order valence-electron chi connectivity index (χ4n) is 1.06. The smallest absolute Gasteiger partial charge is 0.744 e. The van der Waals surface area contributed by atoms with Gasteiger partial charge in [0.2, 0.25) is 4.90 Å². The minimum atomic E-state index is -5.29. The predicted octanol–water partition coefficient (Wildman–Crippen LogP) is -2.59. The third kappa shape index (κ3) is 3.44. The maximum Gasteiger partial charge on any atom is 1.00 e. The maximum absolute atomic E-state index is 10.7. The van der Waals surface area contributed by atoms with Gasteiger partial charge in [0.15, 0.2) is 0 Å². The Kier molecular flexibility index (Phi) is 5.16. The Hall–Kier alpha value is -1.07. The Morgan fingerprint density at radius 2 is 1.35 bits per heavy atom. The molecule has 0 amide bonds. The number of hydrogen-bond acceptors (Lipinski definition) is 7. The number of nitrogens with zero attached hydrogens (tertiary/aromatic N) is 2. The summed E-state index contributed by atoms with van der Waals surface area (Å²) in [5.74, 6) is 0. The van der Waals surface area contributed by atoms with E-state index >= 15 is 0 Å². The molecule has 0 bridgehead atoms. The van der Waals surface area contributed by atoms with Crippen LogP contribution in [0.4, 0.5) is 11.4 Å². The monoisotopic (exact) mass is 270 g/mol. The molecule has 0 aromatic heterocycles. The van der Waals surface area contributed by atoms with Gasteiger partial charge in [0.05, 0.1) is 9.85 Å². The van der Waals surface area contributed by atoms with E-state index in [0.29, 0.717) is 12.1 Å². The van der Waals surface area contributed by atoms with Crippen molar-refractivity contribution in [3.63, 3.8) is 0 Å². The van der Waals surface area contributed by atoms with Gasteiger partial charge in [-0.3, -0.25) is 20.2 Å². The number of nitro groups is 2. The topological polar surface area (TPSA) is 143 Å². The molecule has 1 aromatic carbocycles. The first-order valence-corrected chi connectivity index (χ1v) is 5.03. The van der Waals surface area contributed by atoms with Gasteiger partial charge in [0.25, 0.3) is 11.4 Å². The molecule has 0 N–H and O–H groups in total. The van der Waals surface area contributed by atoms with Crippen molar-refractivity contribution in [2.45, 2.75) is 4.90 Å². The summed E-state index contributed by atoms with van der Waals surface area (Å²) in [4.78, 5) is 17.1. The molecule has 0 unspecified atom stereocenters. The van der Waals surface area contributed by atoms with Crippen LogP contribution in [0.15, 0.2) is 23.1 Å². The Morgan fingerprint density at radius 1 is 1.00 bits per heavy atom. The van der Waals surface area contributed by atoms with Gasteiger partial charge in [-0.05, 0) is 6.07 Å². The third-order valence-electron chi connectivity index (χ3n) is 1.62. The standard InChI is InChI=1S/C6H4N2O7S.Na/c9-7(10)4-2-1-3-5(8(11)12)6(4)16(13,14)15;/h1-3H,(H,13,14,15);/q;+1/p-1. The summed E-state index contributed by atoms with van der Waals surface area (Å²) >= 11 is 0. The first kappa shape index (κ1) is 15.9. The Bertz CT molecular complexity index is 537. The average molecular weight is 270 g/mol. The van der Waals surface area contributed by atoms with Crippen LogP contribution < -0.4 is 29.6 Å². The van der Waals surface area contributed by atoms with E-state index in [1.807, 2.05) is 0 Å². The molecule has 0 aliphatic rings. The van der Waals surface area contributed by atoms with E-state index in [1.54, 1.807) is 0 Å². The Labute approximate surface area is 117 Å². The van der Waals surface area contributed by atoms with E-state index in [2.05, 4.69) is 0 Å². The molecule has 0 radical (unpaired) electrons. The Balaban J connectivity index is 0.00000256. The quantitative estimate of drug-likeness (QED) is 0.253. The van der Waals surface area contributed by atoms with E-state index in [0.717, 1.165) is 6.07 Å². The van der Waals surface area contributed by atoms with Crippen LogP contribution in [0.5, 0.6) is 0 Å². The van der Waals surface area contributed by atoms with Gasteiger partial charge < -0.3 is 4.55 Å². The van der Waals surface area contributed by atoms with Crippen molar-refractivity contribution in [1.82, 2.24) is 0 Å². The van der Waals surface area contributed by atoms with Crippen molar-refractivity contribution < 1.29 is 52.4 Å². The molecule has 0 atom stereocenters. The zero-order valence-corrected chi connectivity index (χ0v) is 11.2. The SMILES string of the molecule is O=[N+]([O-])c1cccc([N+](=O)[O-])c1S(=O)(=O)[O-].[Na+]. The molecule has 11 heteroatoms. The molecule has 0 fully saturated rings. The number of nitro benzene ring substituents is 2. The predicted molar refractivity (Wildman–Crippen MR) is 47.7 cm³/mol. The van der Waals surface area contributed by atoms with E-state index in [1.165, 1.54) is 0 Å². The molecule has 0 spiro atoms. The summed E-state index contributed by atoms with van der Waals surface area (Å²) in [5, 5.41) is 20.8. The van der Waals surface area contributed by atoms with Crippen LogP contribution >= 0.6 is 0 Å². The maximum atomic E-state index is 10.7. The molecular weight excluding hydrogens is 267 g/mol. The van der Waals surface area contributed by atoms with Crippen molar-refractivity contribution in [2.24, 2.45) is 0 Å². The summed E-state index contributed by atoms with van der Waals surface area (Å²) in [5.41, 5.74) is -2.21. The van der Waals surface area contributed by atoms with Crippen LogP contribution in [0.25, 0.3) is 0 Å². The number of benzene rings is 1. The van der Waals surface area contributed by atoms with E-state index in [9.17, 15) is 33.2 Å². The van der Waals surface area contributed by atoms with Crippen LogP contribution in [-0.4, -0.2) is 22.8 Å². The van der Waals surface area contributed by atoms with Crippen LogP contribution in [0.1, 0.15) is 0 Å². The summed E-state index contributed by atoms with van der Waals surface area (Å²) in [6.07, 6.45) is 0. The minimum Gasteiger partial charge on any atom is -0.744 e. The molecule has 0 saturated carbocycles. The molecular formula is C6H3N2NaO7S. The summed E-state index contributed by atoms with van der Waals surface area (Å²) < 4.78 is 32.2. The molecule has 1 aromatic rings. The summed E-state index contributed by atoms with van der Waals surface area (Å²) in [6, 6.07) is 2.33. The van der Waals surface area contributed by atoms with Crippen LogP contribution in [0.3, 0.4) is 0 Å². The number of rotatable bonds is 3. The first-order chi connectivity index (χ1) is 7.25. The summed E-state index contributed by atoms with van der Waals surface area (Å²) in [7, 11) is -5.29. The van der Waals surface area contributed by atoms with Crippen LogP contribution in [0.2, 0.25) is 0 Å². The molecule has 17 heavy (non-hydrogen) atoms. The number of hydrogen-bond donors (Lipinski definition) is 0. The molecule has 9 nitrogen and oxygen atoms in total. The average Bonchev–Trinajstić information content (AvgIpc) is 2.15. The fourth-order valence-corrected chi connectivity index (χ4v) is 1.85. The Morgan fingerprint density at radius 3 is 1.59 bits per heavy atom. The molecule has 0 aliphatic carbocycles. The minimum absolute atomic E-state index is 0. The van der Waals surface area contributed by atoms with Crippen molar-refractivity contribution in [1.29, 1.82) is 0 Å². The van der Waals surface area contributed by atoms with Gasteiger partial charge in [-0.15, -0.1) is 0 Å². The van der Waals surface area contributed by atoms with E-state index < -0.39 is 36.2 Å². The summed E-state index contributed by atoms with van der Waals surface area (Å²) in [6.45, 7) is 0. The molecule has 1 rings (SSSR count). The largest absolute Gasteiger partial charge is 1.00 e. The van der Waals surface area contributed by atoms with Crippen molar-refractivity contribution in [2.75, 3.05) is 0 Å². The van der Waals surface area contributed by atoms with Crippen molar-refractivity contribution in [3.05, 3.63) is 38.4 Å². The normalized spacial score (nSPS) is 10.4. The van der Waals surface area contributed by atoms with Crippen LogP contribution in [-0.2, 0) is 10.1 Å². The van der Waals surface area contributed by atoms with Gasteiger partial charge >= 0.3 is 29.6 Å². The van der Waals surface area contributed by atoms with Gasteiger partial charge in [0, 0.05) is 12.1 Å². The second kappa shape index (κ2) is 5.51. The molecule has 0 heterocycles. The molecule has 86 valence electrons. The van der Waals surface area contributed by atoms with Gasteiger partial charge in [0.1, 0.15) is 10.1 Å². The zero-order valence-electron chi connectivity index (χ0n) is 8.39. The third-order valence-corrected chi connectivity index (χ3v) is 2.54. The van der Waals surface area contributed by atoms with Gasteiger partial charge in [-0.2, -0.15) is 0 Å². The second-order valence-corrected chi connectivity index (χ2v) is 3.91. The molecule has 0 saturated heterocycles. The van der Waals surface area contributed by atoms with E-state index in [4.69, 9.17) is 0 Å². The van der Waals surface area contributed by atoms with Crippen LogP contribution in [0, 0.1) is 20.2 Å². The van der Waals surface area contributed by atoms with E-state index in [-0.39, 0.29) is 29.6 Å². The van der Waals surface area contributed by atoms with Gasteiger partial charge in [-0.25, -0.2) is 8.42 Å². The first-order valence-electron chi connectivity index (χ1n) is 3.63. The van der Waals surface area contributed by atoms with Crippen molar-refractivity contribution in [3.8, 4) is 0 Å². The zero-order chi connectivity index (χ0) is 12.5.